The molecule has 2 heterocycles. The molecule has 0 radical (unpaired) electrons. The number of nitrogens with zero attached hydrogens (tertiary/aromatic N) is 2. The fraction of sp³-hybridized carbons (Fsp3) is 0.632. The monoisotopic (exact) mass is 395 g/mol. The average Bonchev–Trinajstić information content (AvgIpc) is 3.01. The van der Waals surface area contributed by atoms with Gasteiger partial charge in [0.1, 0.15) is 4.83 Å². The lowest BCUT2D eigenvalue weighted by atomic mass is 10.2. The predicted octanol–water partition coefficient (Wildman–Crippen LogP) is 0.848. The molecular weight excluding hydrogens is 364 g/mol. The summed E-state index contributed by atoms with van der Waals surface area (Å²) in [5.41, 5.74) is 0.600. The molecule has 0 aliphatic rings. The highest BCUT2D eigenvalue weighted by Gasteiger charge is 2.19. The van der Waals surface area contributed by atoms with Crippen molar-refractivity contribution in [2.24, 2.45) is 0 Å². The van der Waals surface area contributed by atoms with Gasteiger partial charge in [-0.3, -0.25) is 14.2 Å². The summed E-state index contributed by atoms with van der Waals surface area (Å²) in [4.78, 5) is 32.4. The first kappa shape index (κ1) is 21.5. The second-order valence-corrected chi connectivity index (χ2v) is 7.49. The number of hydrogen-bond donors (Lipinski definition) is 2. The van der Waals surface area contributed by atoms with Crippen molar-refractivity contribution in [1.29, 1.82) is 0 Å². The van der Waals surface area contributed by atoms with Crippen LogP contribution in [0.2, 0.25) is 0 Å². The number of ether oxygens (including phenoxy) is 1. The normalized spacial score (nSPS) is 11.4. The number of fused-ring (bicyclic) bond motifs is 1. The van der Waals surface area contributed by atoms with Gasteiger partial charge in [-0.05, 0) is 33.3 Å². The third-order valence-corrected chi connectivity index (χ3v) is 6.00. The molecule has 8 heteroatoms. The maximum absolute atomic E-state index is 12.7. The van der Waals surface area contributed by atoms with Crippen molar-refractivity contribution in [2.45, 2.75) is 40.7 Å². The molecule has 2 N–H and O–H groups in total. The Morgan fingerprint density at radius 1 is 1.33 bits per heavy atom. The van der Waals surface area contributed by atoms with Crippen LogP contribution < -0.4 is 15.8 Å². The molecule has 7 nitrogen and oxygen atoms in total. The molecule has 0 spiro atoms. The number of aryl methyl sites for hydroxylation is 1. The quantitative estimate of drug-likeness (QED) is 0.553. The summed E-state index contributed by atoms with van der Waals surface area (Å²) in [5.74, 6) is -0.120. The minimum Gasteiger partial charge on any atom is -0.380 e. The van der Waals surface area contributed by atoms with Crippen LogP contribution in [0.5, 0.6) is 0 Å². The lowest BCUT2D eigenvalue weighted by Gasteiger charge is -2.15. The van der Waals surface area contributed by atoms with E-state index in [2.05, 4.69) is 24.1 Å². The maximum atomic E-state index is 12.7. The third-order valence-electron chi connectivity index (χ3n) is 4.80. The van der Waals surface area contributed by atoms with Gasteiger partial charge in [-0.25, -0.2) is 4.98 Å². The average molecular weight is 396 g/mol. The Bertz CT molecular complexity index is 811. The summed E-state index contributed by atoms with van der Waals surface area (Å²) >= 11 is 1.28. The van der Waals surface area contributed by atoms with E-state index < -0.39 is 0 Å². The number of thiophene rings is 1. The summed E-state index contributed by atoms with van der Waals surface area (Å²) in [6.45, 7) is 13.5. The van der Waals surface area contributed by atoms with E-state index in [9.17, 15) is 9.59 Å². The number of aromatic nitrogens is 2. The second-order valence-electron chi connectivity index (χ2n) is 6.49. The molecule has 27 heavy (non-hydrogen) atoms. The molecule has 150 valence electrons. The second kappa shape index (κ2) is 10.5. The van der Waals surface area contributed by atoms with Crippen LogP contribution in [0, 0.1) is 6.92 Å². The SMILES string of the molecule is CCOCCn1cnc2sc(C(=O)NCCC[NH+](CC)CC)c(C)c2c1=O. The van der Waals surface area contributed by atoms with Gasteiger partial charge in [-0.1, -0.05) is 0 Å². The Kier molecular flexibility index (Phi) is 8.40. The highest BCUT2D eigenvalue weighted by molar-refractivity contribution is 7.20. The van der Waals surface area contributed by atoms with Crippen molar-refractivity contribution in [2.75, 3.05) is 39.4 Å². The minimum absolute atomic E-state index is 0.113. The van der Waals surface area contributed by atoms with E-state index in [1.54, 1.807) is 4.57 Å². The van der Waals surface area contributed by atoms with Crippen LogP contribution in [-0.2, 0) is 11.3 Å². The first-order valence-electron chi connectivity index (χ1n) is 9.71. The molecule has 0 aliphatic heterocycles. The number of quaternary nitrogens is 1. The van der Waals surface area contributed by atoms with Crippen molar-refractivity contribution >= 4 is 27.5 Å². The number of rotatable bonds is 11. The highest BCUT2D eigenvalue weighted by Crippen LogP contribution is 2.26. The molecule has 2 rings (SSSR count). The van der Waals surface area contributed by atoms with Gasteiger partial charge in [0.2, 0.25) is 0 Å². The lowest BCUT2D eigenvalue weighted by molar-refractivity contribution is -0.896. The molecule has 2 aromatic heterocycles. The zero-order valence-corrected chi connectivity index (χ0v) is 17.6. The Labute approximate surface area is 164 Å². The smallest absolute Gasteiger partial charge is 0.262 e. The van der Waals surface area contributed by atoms with Gasteiger partial charge >= 0.3 is 0 Å². The molecule has 1 amide bonds. The van der Waals surface area contributed by atoms with E-state index >= 15 is 0 Å². The van der Waals surface area contributed by atoms with E-state index in [4.69, 9.17) is 4.74 Å². The van der Waals surface area contributed by atoms with E-state index in [0.29, 0.717) is 47.0 Å². The largest absolute Gasteiger partial charge is 0.380 e. The first-order valence-corrected chi connectivity index (χ1v) is 10.5. The van der Waals surface area contributed by atoms with Gasteiger partial charge in [0, 0.05) is 19.6 Å². The third kappa shape index (κ3) is 5.37. The number of carbonyl (C=O) groups is 1. The van der Waals surface area contributed by atoms with Crippen molar-refractivity contribution in [3.05, 3.63) is 27.1 Å². The zero-order valence-electron chi connectivity index (χ0n) is 16.8. The Balaban J connectivity index is 2.08. The molecule has 0 unspecified atom stereocenters. The van der Waals surface area contributed by atoms with Crippen LogP contribution in [0.15, 0.2) is 11.1 Å². The number of carbonyl (C=O) groups excluding carboxylic acids is 1. The van der Waals surface area contributed by atoms with Crippen molar-refractivity contribution in [3.8, 4) is 0 Å². The molecule has 0 atom stereocenters. The maximum Gasteiger partial charge on any atom is 0.262 e. The topological polar surface area (TPSA) is 77.7 Å². The number of hydrogen-bond acceptors (Lipinski definition) is 5. The van der Waals surface area contributed by atoms with Crippen LogP contribution in [0.25, 0.3) is 10.2 Å². The summed E-state index contributed by atoms with van der Waals surface area (Å²) in [5, 5.41) is 3.52. The standard InChI is InChI=1S/C19H30N4O3S/c1-5-22(6-2)10-8-9-20-17(24)16-14(4)15-18(27-16)21-13-23(19(15)25)11-12-26-7-3/h13H,5-12H2,1-4H3,(H,20,24)/p+1. The van der Waals surface area contributed by atoms with Crippen LogP contribution >= 0.6 is 11.3 Å². The molecular formula is C19H31N4O3S+. The van der Waals surface area contributed by atoms with Crippen LogP contribution in [0.4, 0.5) is 0 Å². The highest BCUT2D eigenvalue weighted by atomic mass is 32.1. The molecule has 0 saturated heterocycles. The molecule has 0 fully saturated rings. The molecule has 0 saturated carbocycles. The Morgan fingerprint density at radius 3 is 2.74 bits per heavy atom. The van der Waals surface area contributed by atoms with Crippen molar-refractivity contribution in [3.63, 3.8) is 0 Å². The molecule has 2 aromatic rings. The molecule has 0 aromatic carbocycles. The summed E-state index contributed by atoms with van der Waals surface area (Å²) < 4.78 is 6.86. The van der Waals surface area contributed by atoms with Gasteiger partial charge in [0.15, 0.2) is 0 Å². The summed E-state index contributed by atoms with van der Waals surface area (Å²) in [7, 11) is 0. The molecule has 0 aliphatic carbocycles. The van der Waals surface area contributed by atoms with Gasteiger partial charge < -0.3 is 15.0 Å². The number of nitrogens with one attached hydrogen (secondary N) is 2. The zero-order chi connectivity index (χ0) is 19.8. The van der Waals surface area contributed by atoms with Crippen LogP contribution in [0.1, 0.15) is 42.4 Å². The predicted molar refractivity (Wildman–Crippen MR) is 109 cm³/mol. The van der Waals surface area contributed by atoms with Crippen LogP contribution in [-0.4, -0.2) is 54.9 Å². The molecule has 0 bridgehead atoms. The summed E-state index contributed by atoms with van der Waals surface area (Å²) in [6.07, 6.45) is 2.48. The van der Waals surface area contributed by atoms with E-state index in [1.165, 1.54) is 22.6 Å². The fourth-order valence-electron chi connectivity index (χ4n) is 3.07. The van der Waals surface area contributed by atoms with E-state index in [0.717, 1.165) is 26.1 Å². The lowest BCUT2D eigenvalue weighted by Crippen LogP contribution is -3.11. The van der Waals surface area contributed by atoms with Crippen molar-refractivity contribution < 1.29 is 14.4 Å². The first-order chi connectivity index (χ1) is 13.0. The van der Waals surface area contributed by atoms with Crippen molar-refractivity contribution in [1.82, 2.24) is 14.9 Å². The Morgan fingerprint density at radius 2 is 2.07 bits per heavy atom. The van der Waals surface area contributed by atoms with Crippen LogP contribution in [0.3, 0.4) is 0 Å². The fourth-order valence-corrected chi connectivity index (χ4v) is 4.12. The van der Waals surface area contributed by atoms with Gasteiger partial charge in [-0.15, -0.1) is 11.3 Å². The van der Waals surface area contributed by atoms with E-state index in [-0.39, 0.29) is 11.5 Å². The van der Waals surface area contributed by atoms with Gasteiger partial charge in [0.05, 0.1) is 49.4 Å². The number of amides is 1. The van der Waals surface area contributed by atoms with E-state index in [1.807, 2.05) is 13.8 Å². The van der Waals surface area contributed by atoms with Gasteiger partial charge in [0.25, 0.3) is 11.5 Å². The summed E-state index contributed by atoms with van der Waals surface area (Å²) in [6, 6.07) is 0. The van der Waals surface area contributed by atoms with Gasteiger partial charge in [-0.2, -0.15) is 0 Å². The minimum atomic E-state index is -0.120. The Hall–Kier alpha value is -1.77.